The first-order chi connectivity index (χ1) is 12.9. The maximum atomic E-state index is 6.24. The van der Waals surface area contributed by atoms with Crippen LogP contribution in [0.4, 0.5) is 0 Å². The quantitative estimate of drug-likeness (QED) is 0.382. The zero-order valence-electron chi connectivity index (χ0n) is 15.7. The van der Waals surface area contributed by atoms with E-state index in [2.05, 4.69) is 57.2 Å². The molecule has 0 atom stereocenters. The van der Waals surface area contributed by atoms with Gasteiger partial charge in [-0.15, -0.1) is 0 Å². The predicted molar refractivity (Wildman–Crippen MR) is 114 cm³/mol. The molecule has 1 heterocycles. The zero-order valence-corrected chi connectivity index (χ0v) is 16.5. The Labute approximate surface area is 164 Å². The van der Waals surface area contributed by atoms with Crippen molar-refractivity contribution < 1.29 is 0 Å². The zero-order chi connectivity index (χ0) is 19.0. The van der Waals surface area contributed by atoms with Gasteiger partial charge in [-0.05, 0) is 29.2 Å². The molecule has 0 radical (unpaired) electrons. The molecule has 0 aliphatic heterocycles. The van der Waals surface area contributed by atoms with E-state index in [1.165, 1.54) is 5.56 Å². The molecule has 0 amide bonds. The highest BCUT2D eigenvalue weighted by Gasteiger charge is 2.15. The summed E-state index contributed by atoms with van der Waals surface area (Å²) in [5.41, 5.74) is 5.27. The number of aromatic nitrogens is 2. The summed E-state index contributed by atoms with van der Waals surface area (Å²) < 4.78 is 0. The Morgan fingerprint density at radius 2 is 1.44 bits per heavy atom. The van der Waals surface area contributed by atoms with E-state index < -0.39 is 0 Å². The predicted octanol–water partition coefficient (Wildman–Crippen LogP) is 6.91. The van der Waals surface area contributed by atoms with Gasteiger partial charge in [0, 0.05) is 21.5 Å². The Bertz CT molecular complexity index is 1090. The van der Waals surface area contributed by atoms with Gasteiger partial charge in [0.25, 0.3) is 0 Å². The molecule has 134 valence electrons. The van der Waals surface area contributed by atoms with Gasteiger partial charge in [-0.25, -0.2) is 9.97 Å². The summed E-state index contributed by atoms with van der Waals surface area (Å²) in [4.78, 5) is 9.70. The molecule has 0 N–H and O–H groups in total. The summed E-state index contributed by atoms with van der Waals surface area (Å²) in [6.45, 7) is 6.64. The molecule has 0 spiro atoms. The van der Waals surface area contributed by atoms with Crippen LogP contribution in [-0.2, 0) is 5.41 Å². The van der Waals surface area contributed by atoms with E-state index in [1.54, 1.807) is 0 Å². The maximum absolute atomic E-state index is 6.24. The van der Waals surface area contributed by atoms with Crippen LogP contribution in [0, 0.1) is 0 Å². The topological polar surface area (TPSA) is 25.8 Å². The molecule has 0 fully saturated rings. The Kier molecular flexibility index (Phi) is 4.45. The van der Waals surface area contributed by atoms with Crippen LogP contribution in [0.2, 0.25) is 5.02 Å². The molecule has 3 heteroatoms. The maximum Gasteiger partial charge on any atom is 0.160 e. The summed E-state index contributed by atoms with van der Waals surface area (Å²) >= 11 is 6.24. The van der Waals surface area contributed by atoms with Crippen LogP contribution < -0.4 is 0 Å². The van der Waals surface area contributed by atoms with Gasteiger partial charge < -0.3 is 0 Å². The Hall–Kier alpha value is -2.71. The average molecular weight is 373 g/mol. The molecule has 0 unspecified atom stereocenters. The van der Waals surface area contributed by atoms with Gasteiger partial charge in [-0.3, -0.25) is 0 Å². The van der Waals surface area contributed by atoms with Gasteiger partial charge in [0.1, 0.15) is 0 Å². The number of fused-ring (bicyclic) bond motifs is 1. The second-order valence-corrected chi connectivity index (χ2v) is 8.19. The number of hydrogen-bond donors (Lipinski definition) is 0. The summed E-state index contributed by atoms with van der Waals surface area (Å²) in [6, 6.07) is 24.5. The molecule has 0 aliphatic rings. The number of rotatable bonds is 2. The molecule has 0 saturated carbocycles. The molecule has 2 nitrogen and oxygen atoms in total. The SMILES string of the molecule is CC(C)(C)c1ccc(-c2nc(-c3ccccc3)c3cc(Cl)ccc3n2)cc1. The van der Waals surface area contributed by atoms with Gasteiger partial charge in [0.2, 0.25) is 0 Å². The van der Waals surface area contributed by atoms with E-state index in [4.69, 9.17) is 21.6 Å². The van der Waals surface area contributed by atoms with Gasteiger partial charge in [0.05, 0.1) is 11.2 Å². The van der Waals surface area contributed by atoms with Crippen molar-refractivity contribution >= 4 is 22.5 Å². The highest BCUT2D eigenvalue weighted by Crippen LogP contribution is 2.31. The third kappa shape index (κ3) is 3.58. The minimum Gasteiger partial charge on any atom is -0.228 e. The van der Waals surface area contributed by atoms with Crippen molar-refractivity contribution in [2.45, 2.75) is 26.2 Å². The summed E-state index contributed by atoms with van der Waals surface area (Å²) in [6.07, 6.45) is 0. The van der Waals surface area contributed by atoms with E-state index in [9.17, 15) is 0 Å². The van der Waals surface area contributed by atoms with Gasteiger partial charge in [0.15, 0.2) is 5.82 Å². The lowest BCUT2D eigenvalue weighted by molar-refractivity contribution is 0.590. The first-order valence-corrected chi connectivity index (χ1v) is 9.43. The van der Waals surface area contributed by atoms with Crippen molar-refractivity contribution in [3.8, 4) is 22.6 Å². The average Bonchev–Trinajstić information content (AvgIpc) is 2.67. The first kappa shape index (κ1) is 17.7. The minimum absolute atomic E-state index is 0.120. The fourth-order valence-electron chi connectivity index (χ4n) is 3.17. The van der Waals surface area contributed by atoms with E-state index in [0.29, 0.717) is 5.02 Å². The van der Waals surface area contributed by atoms with Crippen LogP contribution >= 0.6 is 11.6 Å². The van der Waals surface area contributed by atoms with Crippen molar-refractivity contribution in [2.75, 3.05) is 0 Å². The van der Waals surface area contributed by atoms with E-state index in [1.807, 2.05) is 36.4 Å². The Morgan fingerprint density at radius 1 is 0.741 bits per heavy atom. The van der Waals surface area contributed by atoms with Crippen LogP contribution in [0.3, 0.4) is 0 Å². The highest BCUT2D eigenvalue weighted by atomic mass is 35.5. The molecular formula is C24H21ClN2. The number of hydrogen-bond acceptors (Lipinski definition) is 2. The molecule has 0 bridgehead atoms. The number of nitrogens with zero attached hydrogens (tertiary/aromatic N) is 2. The third-order valence-electron chi connectivity index (χ3n) is 4.71. The van der Waals surface area contributed by atoms with Crippen molar-refractivity contribution in [3.05, 3.63) is 83.4 Å². The fourth-order valence-corrected chi connectivity index (χ4v) is 3.34. The number of benzene rings is 3. The number of halogens is 1. The van der Waals surface area contributed by atoms with Crippen LogP contribution in [0.15, 0.2) is 72.8 Å². The smallest absolute Gasteiger partial charge is 0.160 e. The minimum atomic E-state index is 0.120. The van der Waals surface area contributed by atoms with Crippen molar-refractivity contribution in [3.63, 3.8) is 0 Å². The molecular weight excluding hydrogens is 352 g/mol. The largest absolute Gasteiger partial charge is 0.228 e. The van der Waals surface area contributed by atoms with Crippen molar-refractivity contribution in [1.29, 1.82) is 0 Å². The second kappa shape index (κ2) is 6.79. The van der Waals surface area contributed by atoms with Gasteiger partial charge in [-0.2, -0.15) is 0 Å². The lowest BCUT2D eigenvalue weighted by Gasteiger charge is -2.19. The fraction of sp³-hybridized carbons (Fsp3) is 0.167. The molecule has 4 aromatic rings. The summed E-state index contributed by atoms with van der Waals surface area (Å²) in [7, 11) is 0. The highest BCUT2D eigenvalue weighted by molar-refractivity contribution is 6.31. The van der Waals surface area contributed by atoms with Gasteiger partial charge >= 0.3 is 0 Å². The van der Waals surface area contributed by atoms with Crippen molar-refractivity contribution in [1.82, 2.24) is 9.97 Å². The summed E-state index contributed by atoms with van der Waals surface area (Å²) in [5, 5.41) is 1.65. The molecule has 1 aromatic heterocycles. The molecule has 3 aromatic carbocycles. The van der Waals surface area contributed by atoms with Gasteiger partial charge in [-0.1, -0.05) is 87.0 Å². The Morgan fingerprint density at radius 3 is 2.11 bits per heavy atom. The lowest BCUT2D eigenvalue weighted by atomic mass is 9.86. The second-order valence-electron chi connectivity index (χ2n) is 7.75. The van der Waals surface area contributed by atoms with E-state index in [0.717, 1.165) is 33.5 Å². The van der Waals surface area contributed by atoms with Crippen LogP contribution in [0.25, 0.3) is 33.5 Å². The van der Waals surface area contributed by atoms with E-state index >= 15 is 0 Å². The Balaban J connectivity index is 1.91. The van der Waals surface area contributed by atoms with Crippen LogP contribution in [0.5, 0.6) is 0 Å². The third-order valence-corrected chi connectivity index (χ3v) is 4.95. The monoisotopic (exact) mass is 372 g/mol. The molecule has 27 heavy (non-hydrogen) atoms. The van der Waals surface area contributed by atoms with Crippen LogP contribution in [-0.4, -0.2) is 9.97 Å². The molecule has 0 aliphatic carbocycles. The normalized spacial score (nSPS) is 11.7. The van der Waals surface area contributed by atoms with E-state index in [-0.39, 0.29) is 5.41 Å². The molecule has 0 saturated heterocycles. The lowest BCUT2D eigenvalue weighted by Crippen LogP contribution is -2.10. The van der Waals surface area contributed by atoms with Crippen molar-refractivity contribution in [2.24, 2.45) is 0 Å². The molecule has 4 rings (SSSR count). The first-order valence-electron chi connectivity index (χ1n) is 9.05. The summed E-state index contributed by atoms with van der Waals surface area (Å²) in [5.74, 6) is 0.726. The standard InChI is InChI=1S/C24H21ClN2/c1-24(2,3)18-11-9-17(10-12-18)23-26-21-14-13-19(25)15-20(21)22(27-23)16-7-5-4-6-8-16/h4-15H,1-3H3. The van der Waals surface area contributed by atoms with Crippen LogP contribution in [0.1, 0.15) is 26.3 Å².